The van der Waals surface area contributed by atoms with Crippen LogP contribution >= 0.6 is 0 Å². The first-order valence-corrected chi connectivity index (χ1v) is 21.0. The molecule has 6 aliphatic heterocycles. The Morgan fingerprint density at radius 1 is 0.966 bits per heavy atom. The second-order valence-electron chi connectivity index (χ2n) is 16.5. The summed E-state index contributed by atoms with van der Waals surface area (Å²) in [6, 6.07) is 0. The summed E-state index contributed by atoms with van der Waals surface area (Å²) in [4.78, 5) is 29.0. The Bertz CT molecular complexity index is 2090. The second kappa shape index (κ2) is 17.2. The van der Waals surface area contributed by atoms with Gasteiger partial charge in [-0.15, -0.1) is 0 Å². The predicted molar refractivity (Wildman–Crippen MR) is 223 cm³/mol. The van der Waals surface area contributed by atoms with E-state index in [-0.39, 0.29) is 36.5 Å². The molecule has 0 aromatic rings. The number of rotatable bonds is 13. The average molecular weight is 798 g/mol. The van der Waals surface area contributed by atoms with Crippen molar-refractivity contribution >= 4 is 23.0 Å². The van der Waals surface area contributed by atoms with Crippen LogP contribution in [0.5, 0.6) is 0 Å². The van der Waals surface area contributed by atoms with Crippen LogP contribution in [0.2, 0.25) is 0 Å². The minimum atomic E-state index is -1.60. The summed E-state index contributed by atoms with van der Waals surface area (Å²) >= 11 is 0. The molecule has 13 nitrogen and oxygen atoms in total. The van der Waals surface area contributed by atoms with Crippen molar-refractivity contribution < 1.29 is 39.8 Å². The van der Waals surface area contributed by atoms with Crippen LogP contribution < -0.4 is 10.6 Å². The molecule has 0 spiro atoms. The summed E-state index contributed by atoms with van der Waals surface area (Å²) in [7, 11) is 0. The number of unbranched alkanes of at least 4 members (excludes halogenated alkanes) is 3. The first-order valence-electron chi connectivity index (χ1n) is 21.0. The van der Waals surface area contributed by atoms with Gasteiger partial charge in [0.2, 0.25) is 5.91 Å². The van der Waals surface area contributed by atoms with Crippen molar-refractivity contribution in [2.45, 2.75) is 137 Å². The zero-order chi connectivity index (χ0) is 41.6. The number of amides is 1. The van der Waals surface area contributed by atoms with Crippen LogP contribution in [0, 0.1) is 11.8 Å². The maximum Gasteiger partial charge on any atom is 0.222 e. The molecule has 7 aliphatic rings. The molecular weight excluding hydrogens is 739 g/mol. The molecule has 0 aromatic heterocycles. The van der Waals surface area contributed by atoms with E-state index >= 15 is 0 Å². The van der Waals surface area contributed by atoms with E-state index in [2.05, 4.69) is 64.3 Å². The first kappa shape index (κ1) is 41.9. The first-order chi connectivity index (χ1) is 27.8. The summed E-state index contributed by atoms with van der Waals surface area (Å²) in [6.45, 7) is 14.8. The highest BCUT2D eigenvalue weighted by atomic mass is 16.6. The van der Waals surface area contributed by atoms with Gasteiger partial charge in [-0.1, -0.05) is 40.0 Å². The molecule has 312 valence electrons. The number of hydrogen-bond donors (Lipinski definition) is 7. The average Bonchev–Trinajstić information content (AvgIpc) is 3.96. The van der Waals surface area contributed by atoms with E-state index in [1.807, 2.05) is 13.0 Å². The van der Waals surface area contributed by atoms with Crippen LogP contribution in [0.15, 0.2) is 106 Å². The molecule has 6 heterocycles. The molecule has 7 rings (SSSR count). The molecule has 1 amide bonds. The van der Waals surface area contributed by atoms with Gasteiger partial charge < -0.3 is 45.6 Å². The number of carbonyl (C=O) groups is 1. The standard InChI is InChI=1S/C45H59N5O8/c1-8-10-11-12-15-57-25(7)38-23(5)31-17-30-22(4)27(13-14-37(53)50-45-44(56)43(55)42(54)36(20-51)58-45)40(48-30)28-16-35(52)39-24(6)32(49-41(28)39)18-33-26(9-2)21(3)29(46-33)19-34(38)47-31/h17-19,22,25,27,36,42-45,48,51-52,54-56H,8-16,20H2,1-7H3,(H,50,53)/t22-,25?,27-,36+,42-,43-,44+,45+/m0/s1. The van der Waals surface area contributed by atoms with Gasteiger partial charge in [-0.2, -0.15) is 0 Å². The van der Waals surface area contributed by atoms with Crippen LogP contribution in [0.1, 0.15) is 99.8 Å². The molecule has 0 aromatic carbocycles. The number of aliphatic hydroxyl groups is 5. The Morgan fingerprint density at radius 2 is 1.71 bits per heavy atom. The van der Waals surface area contributed by atoms with E-state index < -0.39 is 43.2 Å². The third-order valence-corrected chi connectivity index (χ3v) is 12.8. The second-order valence-corrected chi connectivity index (χ2v) is 16.5. The number of carbonyl (C=O) groups excluding carboxylic acids is 1. The molecule has 2 fully saturated rings. The van der Waals surface area contributed by atoms with Crippen LogP contribution in [0.25, 0.3) is 0 Å². The molecule has 1 unspecified atom stereocenters. The molecular formula is C45H59N5O8. The lowest BCUT2D eigenvalue weighted by atomic mass is 9.86. The Kier molecular flexibility index (Phi) is 12.4. The molecule has 8 atom stereocenters. The van der Waals surface area contributed by atoms with E-state index in [1.165, 1.54) is 6.42 Å². The molecule has 2 saturated heterocycles. The monoisotopic (exact) mass is 797 g/mol. The third kappa shape index (κ3) is 7.68. The number of allylic oxidation sites excluding steroid dienone is 11. The van der Waals surface area contributed by atoms with Crippen molar-refractivity contribution in [3.63, 3.8) is 0 Å². The van der Waals surface area contributed by atoms with Gasteiger partial charge in [-0.05, 0) is 87.5 Å². The number of fused-ring (bicyclic) bond motifs is 5. The summed E-state index contributed by atoms with van der Waals surface area (Å²) in [6.07, 6.45) is 4.79. The molecule has 1 aliphatic carbocycles. The van der Waals surface area contributed by atoms with Gasteiger partial charge >= 0.3 is 0 Å². The highest BCUT2D eigenvalue weighted by Crippen LogP contribution is 2.46. The van der Waals surface area contributed by atoms with Gasteiger partial charge in [0.15, 0.2) is 6.23 Å². The minimum absolute atomic E-state index is 0.0404. The maximum atomic E-state index is 13.5. The number of nitrogens with one attached hydrogen (secondary N) is 2. The van der Waals surface area contributed by atoms with Gasteiger partial charge in [0.25, 0.3) is 0 Å². The molecule has 8 bridgehead atoms. The highest BCUT2D eigenvalue weighted by Gasteiger charge is 2.45. The molecule has 0 radical (unpaired) electrons. The Labute approximate surface area is 340 Å². The van der Waals surface area contributed by atoms with Gasteiger partial charge in [-0.25, -0.2) is 15.0 Å². The number of ether oxygens (including phenoxy) is 2. The molecule has 0 saturated carbocycles. The van der Waals surface area contributed by atoms with Crippen LogP contribution in [0.3, 0.4) is 0 Å². The van der Waals surface area contributed by atoms with Crippen molar-refractivity contribution in [3.05, 3.63) is 91.5 Å². The van der Waals surface area contributed by atoms with E-state index in [9.17, 15) is 30.3 Å². The fraction of sp³-hybridized carbons (Fsp3) is 0.556. The summed E-state index contributed by atoms with van der Waals surface area (Å²) in [5.41, 5.74) is 13.3. The van der Waals surface area contributed by atoms with E-state index in [0.29, 0.717) is 18.7 Å². The number of aliphatic hydroxyl groups excluding tert-OH is 5. The molecule has 58 heavy (non-hydrogen) atoms. The fourth-order valence-corrected chi connectivity index (χ4v) is 9.25. The summed E-state index contributed by atoms with van der Waals surface area (Å²) in [5, 5.41) is 58.5. The van der Waals surface area contributed by atoms with Crippen molar-refractivity contribution in [1.82, 2.24) is 10.6 Å². The fourth-order valence-electron chi connectivity index (χ4n) is 9.25. The van der Waals surface area contributed by atoms with Crippen molar-refractivity contribution in [3.8, 4) is 0 Å². The number of aliphatic imine (C=N–C) groups is 3. The summed E-state index contributed by atoms with van der Waals surface area (Å²) < 4.78 is 12.0. The number of nitrogens with zero attached hydrogens (tertiary/aromatic N) is 3. The Hall–Kier alpha value is -4.24. The Morgan fingerprint density at radius 3 is 2.43 bits per heavy atom. The normalized spacial score (nSPS) is 29.8. The lowest BCUT2D eigenvalue weighted by Gasteiger charge is -2.40. The topological polar surface area (TPSA) is 198 Å². The van der Waals surface area contributed by atoms with Crippen LogP contribution in [0.4, 0.5) is 0 Å². The van der Waals surface area contributed by atoms with E-state index in [1.54, 1.807) is 0 Å². The minimum Gasteiger partial charge on any atom is -0.511 e. The molecule has 13 heteroatoms. The van der Waals surface area contributed by atoms with E-state index in [0.717, 1.165) is 105 Å². The third-order valence-electron chi connectivity index (χ3n) is 12.8. The van der Waals surface area contributed by atoms with Gasteiger partial charge in [0.1, 0.15) is 30.2 Å². The zero-order valence-corrected chi connectivity index (χ0v) is 34.7. The zero-order valence-electron chi connectivity index (χ0n) is 34.7. The van der Waals surface area contributed by atoms with Crippen molar-refractivity contribution in [2.75, 3.05) is 13.2 Å². The quantitative estimate of drug-likeness (QED) is 0.120. The maximum absolute atomic E-state index is 13.5. The SMILES string of the molecule is CCCCCCOC(C)C1=C(C)C2=NC1=CC1=NC(=CC3=C(C)C4=C(O)CC(=C5NC(=C2)[C@@H](C)[C@@H]5CCC(=O)N[C@@H]2O[C@H](CO)[C@H](O)[C@H](O)[C@H]2O)C4=N3)C(CC)=C1C. The summed E-state index contributed by atoms with van der Waals surface area (Å²) in [5.74, 6) is -0.473. The van der Waals surface area contributed by atoms with Crippen molar-refractivity contribution in [2.24, 2.45) is 26.8 Å². The molecule has 7 N–H and O–H groups in total. The largest absolute Gasteiger partial charge is 0.511 e. The van der Waals surface area contributed by atoms with E-state index in [4.69, 9.17) is 24.5 Å². The predicted octanol–water partition coefficient (Wildman–Crippen LogP) is 5.34. The van der Waals surface area contributed by atoms with Crippen LogP contribution in [-0.4, -0.2) is 98.5 Å². The smallest absolute Gasteiger partial charge is 0.222 e. The number of hydrogen-bond acceptors (Lipinski definition) is 12. The van der Waals surface area contributed by atoms with Gasteiger partial charge in [0.05, 0.1) is 46.9 Å². The lowest BCUT2D eigenvalue weighted by molar-refractivity contribution is -0.236. The van der Waals surface area contributed by atoms with Crippen LogP contribution in [-0.2, 0) is 14.3 Å². The highest BCUT2D eigenvalue weighted by molar-refractivity contribution is 6.21. The van der Waals surface area contributed by atoms with Gasteiger partial charge in [-0.3, -0.25) is 4.79 Å². The lowest BCUT2D eigenvalue weighted by Crippen LogP contribution is -2.63. The van der Waals surface area contributed by atoms with Crippen molar-refractivity contribution in [1.29, 1.82) is 0 Å². The van der Waals surface area contributed by atoms with Gasteiger partial charge in [0, 0.05) is 59.4 Å². The Balaban J connectivity index is 1.27.